The highest BCUT2D eigenvalue weighted by atomic mass is 16.6. The zero-order chi connectivity index (χ0) is 16.4. The SMILES string of the molecule is CCOC(=O)c1c(-c2ccccc2[N+](=O)[O-])c(N)c(C)n1C. The quantitative estimate of drug-likeness (QED) is 0.531. The summed E-state index contributed by atoms with van der Waals surface area (Å²) in [7, 11) is 1.68. The number of hydrogen-bond donors (Lipinski definition) is 1. The van der Waals surface area contributed by atoms with E-state index in [1.54, 1.807) is 43.7 Å². The summed E-state index contributed by atoms with van der Waals surface area (Å²) in [6, 6.07) is 6.19. The van der Waals surface area contributed by atoms with Gasteiger partial charge in [0.1, 0.15) is 5.69 Å². The van der Waals surface area contributed by atoms with Crippen molar-refractivity contribution in [1.82, 2.24) is 4.57 Å². The van der Waals surface area contributed by atoms with Crippen molar-refractivity contribution < 1.29 is 14.5 Å². The Balaban J connectivity index is 2.79. The molecule has 0 amide bonds. The molecular weight excluding hydrogens is 286 g/mol. The van der Waals surface area contributed by atoms with E-state index >= 15 is 0 Å². The maximum atomic E-state index is 12.2. The van der Waals surface area contributed by atoms with E-state index in [-0.39, 0.29) is 18.0 Å². The topological polar surface area (TPSA) is 100 Å². The van der Waals surface area contributed by atoms with Gasteiger partial charge >= 0.3 is 5.97 Å². The average Bonchev–Trinajstić information content (AvgIpc) is 2.71. The molecule has 2 rings (SSSR count). The van der Waals surface area contributed by atoms with Crippen LogP contribution < -0.4 is 5.73 Å². The number of carbonyl (C=O) groups excluding carboxylic acids is 1. The highest BCUT2D eigenvalue weighted by Gasteiger charge is 2.28. The van der Waals surface area contributed by atoms with Crippen molar-refractivity contribution in [3.63, 3.8) is 0 Å². The highest BCUT2D eigenvalue weighted by Crippen LogP contribution is 2.39. The number of rotatable bonds is 4. The summed E-state index contributed by atoms with van der Waals surface area (Å²) >= 11 is 0. The minimum absolute atomic E-state index is 0.106. The smallest absolute Gasteiger partial charge is 0.355 e. The maximum Gasteiger partial charge on any atom is 0.355 e. The van der Waals surface area contributed by atoms with E-state index in [1.807, 2.05) is 0 Å². The van der Waals surface area contributed by atoms with E-state index in [0.29, 0.717) is 22.5 Å². The first kappa shape index (κ1) is 15.6. The lowest BCUT2D eigenvalue weighted by Crippen LogP contribution is -2.12. The number of nitro groups is 1. The van der Waals surface area contributed by atoms with Crippen LogP contribution in [0.15, 0.2) is 24.3 Å². The van der Waals surface area contributed by atoms with Crippen molar-refractivity contribution in [3.05, 3.63) is 45.8 Å². The van der Waals surface area contributed by atoms with Crippen LogP contribution in [0.25, 0.3) is 11.1 Å². The molecule has 1 heterocycles. The van der Waals surface area contributed by atoms with Gasteiger partial charge in [0.25, 0.3) is 5.69 Å². The van der Waals surface area contributed by atoms with Gasteiger partial charge in [-0.1, -0.05) is 12.1 Å². The molecule has 116 valence electrons. The second-order valence-electron chi connectivity index (χ2n) is 4.78. The van der Waals surface area contributed by atoms with E-state index in [4.69, 9.17) is 10.5 Å². The summed E-state index contributed by atoms with van der Waals surface area (Å²) in [5.74, 6) is -0.557. The third-order valence-electron chi connectivity index (χ3n) is 3.57. The predicted molar refractivity (Wildman–Crippen MR) is 82.6 cm³/mol. The van der Waals surface area contributed by atoms with Crippen LogP contribution in [0.1, 0.15) is 23.1 Å². The van der Waals surface area contributed by atoms with Crippen LogP contribution in [0.2, 0.25) is 0 Å². The Bertz CT molecular complexity index is 749. The Morgan fingerprint density at radius 2 is 2.05 bits per heavy atom. The molecule has 0 aliphatic carbocycles. The number of aromatic nitrogens is 1. The van der Waals surface area contributed by atoms with Gasteiger partial charge in [0.05, 0.1) is 22.8 Å². The van der Waals surface area contributed by atoms with Crippen molar-refractivity contribution in [2.45, 2.75) is 13.8 Å². The third-order valence-corrected chi connectivity index (χ3v) is 3.57. The van der Waals surface area contributed by atoms with Crippen molar-refractivity contribution in [1.29, 1.82) is 0 Å². The van der Waals surface area contributed by atoms with Gasteiger partial charge in [0, 0.05) is 24.4 Å². The summed E-state index contributed by atoms with van der Waals surface area (Å²) in [6.07, 6.45) is 0. The lowest BCUT2D eigenvalue weighted by atomic mass is 10.0. The summed E-state index contributed by atoms with van der Waals surface area (Å²) in [4.78, 5) is 23.0. The summed E-state index contributed by atoms with van der Waals surface area (Å²) in [6.45, 7) is 3.65. The van der Waals surface area contributed by atoms with Crippen LogP contribution in [0, 0.1) is 17.0 Å². The number of nitrogens with two attached hydrogens (primary N) is 1. The molecule has 0 saturated carbocycles. The monoisotopic (exact) mass is 303 g/mol. The van der Waals surface area contributed by atoms with Crippen molar-refractivity contribution in [2.24, 2.45) is 7.05 Å². The molecule has 0 fully saturated rings. The number of nitrogen functional groups attached to an aromatic ring is 1. The number of para-hydroxylation sites is 1. The lowest BCUT2D eigenvalue weighted by molar-refractivity contribution is -0.384. The number of ether oxygens (including phenoxy) is 1. The first-order chi connectivity index (χ1) is 10.4. The molecule has 1 aromatic carbocycles. The van der Waals surface area contributed by atoms with Gasteiger partial charge in [-0.25, -0.2) is 4.79 Å². The predicted octanol–water partition coefficient (Wildman–Crippen LogP) is 2.67. The minimum Gasteiger partial charge on any atom is -0.461 e. The van der Waals surface area contributed by atoms with Crippen LogP contribution in [0.5, 0.6) is 0 Å². The number of anilines is 1. The normalized spacial score (nSPS) is 10.5. The van der Waals surface area contributed by atoms with Gasteiger partial charge < -0.3 is 15.0 Å². The van der Waals surface area contributed by atoms with Gasteiger partial charge in [0.15, 0.2) is 0 Å². The molecule has 0 radical (unpaired) electrons. The van der Waals surface area contributed by atoms with Crippen molar-refractivity contribution >= 4 is 17.3 Å². The van der Waals surface area contributed by atoms with Crippen LogP contribution >= 0.6 is 0 Å². The molecule has 0 atom stereocenters. The summed E-state index contributed by atoms with van der Waals surface area (Å²) in [5, 5.41) is 11.2. The van der Waals surface area contributed by atoms with E-state index in [0.717, 1.165) is 0 Å². The Labute approximate surface area is 127 Å². The molecule has 0 spiro atoms. The van der Waals surface area contributed by atoms with E-state index < -0.39 is 10.9 Å². The fraction of sp³-hybridized carbons (Fsp3) is 0.267. The number of benzene rings is 1. The fourth-order valence-electron chi connectivity index (χ4n) is 2.38. The molecule has 0 bridgehead atoms. The number of esters is 1. The molecule has 1 aromatic heterocycles. The zero-order valence-electron chi connectivity index (χ0n) is 12.6. The largest absolute Gasteiger partial charge is 0.461 e. The molecular formula is C15H17N3O4. The molecule has 7 heteroatoms. The highest BCUT2D eigenvalue weighted by molar-refractivity contribution is 6.02. The minimum atomic E-state index is -0.557. The van der Waals surface area contributed by atoms with Crippen molar-refractivity contribution in [2.75, 3.05) is 12.3 Å². The molecule has 0 aliphatic rings. The molecule has 7 nitrogen and oxygen atoms in total. The Kier molecular flexibility index (Phi) is 4.16. The first-order valence-electron chi connectivity index (χ1n) is 6.75. The molecule has 22 heavy (non-hydrogen) atoms. The van der Waals surface area contributed by atoms with E-state index in [1.165, 1.54) is 6.07 Å². The van der Waals surface area contributed by atoms with Gasteiger partial charge in [-0.05, 0) is 19.9 Å². The number of carbonyl (C=O) groups is 1. The first-order valence-corrected chi connectivity index (χ1v) is 6.75. The molecule has 0 saturated heterocycles. The van der Waals surface area contributed by atoms with Crippen LogP contribution in [-0.4, -0.2) is 22.1 Å². The summed E-state index contributed by atoms with van der Waals surface area (Å²) in [5.41, 5.74) is 7.82. The fourth-order valence-corrected chi connectivity index (χ4v) is 2.38. The number of nitrogens with zero attached hydrogens (tertiary/aromatic N) is 2. The third kappa shape index (κ3) is 2.41. The van der Waals surface area contributed by atoms with Crippen LogP contribution in [0.3, 0.4) is 0 Å². The Morgan fingerprint density at radius 1 is 1.41 bits per heavy atom. The zero-order valence-corrected chi connectivity index (χ0v) is 12.6. The lowest BCUT2D eigenvalue weighted by Gasteiger charge is -2.08. The van der Waals surface area contributed by atoms with E-state index in [2.05, 4.69) is 0 Å². The van der Waals surface area contributed by atoms with E-state index in [9.17, 15) is 14.9 Å². The standard InChI is InChI=1S/C15H17N3O4/c1-4-22-15(19)14-12(13(16)9(2)17(14)3)10-7-5-6-8-11(10)18(20)21/h5-8H,4,16H2,1-3H3. The second-order valence-corrected chi connectivity index (χ2v) is 4.78. The molecule has 0 unspecified atom stereocenters. The summed E-state index contributed by atoms with van der Waals surface area (Å²) < 4.78 is 6.65. The molecule has 0 aliphatic heterocycles. The van der Waals surface area contributed by atoms with Gasteiger partial charge in [-0.3, -0.25) is 10.1 Å². The number of nitro benzene ring substituents is 1. The van der Waals surface area contributed by atoms with Crippen LogP contribution in [-0.2, 0) is 11.8 Å². The Morgan fingerprint density at radius 3 is 2.64 bits per heavy atom. The molecule has 2 aromatic rings. The molecule has 2 N–H and O–H groups in total. The average molecular weight is 303 g/mol. The van der Waals surface area contributed by atoms with Crippen molar-refractivity contribution in [3.8, 4) is 11.1 Å². The van der Waals surface area contributed by atoms with Gasteiger partial charge in [-0.2, -0.15) is 0 Å². The maximum absolute atomic E-state index is 12.2. The Hall–Kier alpha value is -2.83. The second kappa shape index (κ2) is 5.88. The number of hydrogen-bond acceptors (Lipinski definition) is 5. The van der Waals surface area contributed by atoms with Crippen LogP contribution in [0.4, 0.5) is 11.4 Å². The van der Waals surface area contributed by atoms with Gasteiger partial charge in [-0.15, -0.1) is 0 Å². The van der Waals surface area contributed by atoms with Gasteiger partial charge in [0.2, 0.25) is 0 Å².